The summed E-state index contributed by atoms with van der Waals surface area (Å²) in [5, 5.41) is 4.77. The number of aromatic nitrogens is 2. The van der Waals surface area contributed by atoms with E-state index in [1.165, 1.54) is 20.5 Å². The molecule has 0 aliphatic carbocycles. The van der Waals surface area contributed by atoms with Crippen molar-refractivity contribution < 1.29 is 0 Å². The fourth-order valence-corrected chi connectivity index (χ4v) is 6.01. The van der Waals surface area contributed by atoms with Crippen LogP contribution in [0, 0.1) is 0 Å². The van der Waals surface area contributed by atoms with E-state index < -0.39 is 0 Å². The largest absolute Gasteiger partial charge is 0.355 e. The number of pyridine rings is 1. The van der Waals surface area contributed by atoms with Gasteiger partial charge in [-0.1, -0.05) is 6.08 Å². The molecule has 4 aromatic rings. The zero-order valence-corrected chi connectivity index (χ0v) is 18.5. The van der Waals surface area contributed by atoms with Gasteiger partial charge in [0.05, 0.1) is 21.4 Å². The smallest absolute Gasteiger partial charge is 0.125 e. The number of hydrogen-bond donors (Lipinski definition) is 1. The first-order valence-corrected chi connectivity index (χ1v) is 11.7. The average Bonchev–Trinajstić information content (AvgIpc) is 3.34. The topological polar surface area (TPSA) is 41.0 Å². The predicted octanol–water partition coefficient (Wildman–Crippen LogP) is 6.54. The Morgan fingerprint density at radius 3 is 2.93 bits per heavy atom. The highest BCUT2D eigenvalue weighted by Gasteiger charge is 2.25. The van der Waals surface area contributed by atoms with Gasteiger partial charge in [-0.3, -0.25) is 4.90 Å². The molecule has 4 heterocycles. The molecule has 0 saturated carbocycles. The lowest BCUT2D eigenvalue weighted by Gasteiger charge is -2.37. The van der Waals surface area contributed by atoms with Crippen molar-refractivity contribution >= 4 is 60.1 Å². The van der Waals surface area contributed by atoms with Gasteiger partial charge in [0.1, 0.15) is 4.83 Å². The van der Waals surface area contributed by atoms with Gasteiger partial charge in [0.2, 0.25) is 0 Å². The second-order valence-electron chi connectivity index (χ2n) is 7.80. The normalized spacial score (nSPS) is 17.9. The quantitative estimate of drug-likeness (QED) is 0.407. The van der Waals surface area contributed by atoms with Gasteiger partial charge in [-0.05, 0) is 63.1 Å². The highest BCUT2D eigenvalue weighted by atomic mass is 32.1. The molecule has 0 saturated heterocycles. The second-order valence-corrected chi connectivity index (χ2v) is 9.72. The van der Waals surface area contributed by atoms with Crippen molar-refractivity contribution in [2.24, 2.45) is 0 Å². The maximum absolute atomic E-state index is 4.65. The van der Waals surface area contributed by atoms with Crippen LogP contribution in [-0.4, -0.2) is 33.5 Å². The number of rotatable bonds is 4. The van der Waals surface area contributed by atoms with Gasteiger partial charge in [0.25, 0.3) is 0 Å². The molecule has 1 aromatic carbocycles. The van der Waals surface area contributed by atoms with Gasteiger partial charge in [0.15, 0.2) is 0 Å². The van der Waals surface area contributed by atoms with Crippen LogP contribution in [0.3, 0.4) is 0 Å². The van der Waals surface area contributed by atoms with Gasteiger partial charge in [0, 0.05) is 40.8 Å². The predicted molar refractivity (Wildman–Crippen MR) is 126 cm³/mol. The molecule has 148 valence electrons. The highest BCUT2D eigenvalue weighted by Crippen LogP contribution is 2.38. The SMILES string of the molecule is CC(C)N1CCC=C(c2cc3c(Nc4ccc5scnc5c4)ccnc3s2)[C@H]1C. The first-order valence-electron chi connectivity index (χ1n) is 10.0. The number of hydrogen-bond acceptors (Lipinski definition) is 6. The molecule has 1 N–H and O–H groups in total. The van der Waals surface area contributed by atoms with E-state index in [9.17, 15) is 0 Å². The van der Waals surface area contributed by atoms with Crippen LogP contribution in [0.1, 0.15) is 32.1 Å². The minimum Gasteiger partial charge on any atom is -0.355 e. The molecule has 3 aromatic heterocycles. The molecular formula is C23H24N4S2. The monoisotopic (exact) mass is 420 g/mol. The van der Waals surface area contributed by atoms with Crippen LogP contribution >= 0.6 is 22.7 Å². The maximum Gasteiger partial charge on any atom is 0.125 e. The molecular weight excluding hydrogens is 396 g/mol. The Morgan fingerprint density at radius 1 is 1.17 bits per heavy atom. The summed E-state index contributed by atoms with van der Waals surface area (Å²) in [6.07, 6.45) is 5.42. The summed E-state index contributed by atoms with van der Waals surface area (Å²) in [5.74, 6) is 0. The van der Waals surface area contributed by atoms with Gasteiger partial charge in [-0.25, -0.2) is 9.97 Å². The summed E-state index contributed by atoms with van der Waals surface area (Å²) < 4.78 is 1.21. The summed E-state index contributed by atoms with van der Waals surface area (Å²) in [5.41, 5.74) is 6.51. The van der Waals surface area contributed by atoms with E-state index in [4.69, 9.17) is 0 Å². The van der Waals surface area contributed by atoms with Crippen molar-refractivity contribution in [3.63, 3.8) is 0 Å². The Balaban J connectivity index is 1.50. The first-order chi connectivity index (χ1) is 14.1. The summed E-state index contributed by atoms with van der Waals surface area (Å²) in [6, 6.07) is 11.7. The van der Waals surface area contributed by atoms with Gasteiger partial charge >= 0.3 is 0 Å². The molecule has 1 aliphatic heterocycles. The Kier molecular flexibility index (Phi) is 4.86. The minimum absolute atomic E-state index is 0.431. The third-order valence-electron chi connectivity index (χ3n) is 5.69. The molecule has 0 spiro atoms. The Labute approximate surface area is 178 Å². The third-order valence-corrected chi connectivity index (χ3v) is 7.59. The van der Waals surface area contributed by atoms with E-state index in [2.05, 4.69) is 77.4 Å². The van der Waals surface area contributed by atoms with Crippen LogP contribution in [-0.2, 0) is 0 Å². The van der Waals surface area contributed by atoms with Crippen molar-refractivity contribution in [1.29, 1.82) is 0 Å². The molecule has 1 atom stereocenters. The van der Waals surface area contributed by atoms with E-state index in [0.717, 1.165) is 34.7 Å². The molecule has 0 fully saturated rings. The van der Waals surface area contributed by atoms with Crippen LogP contribution < -0.4 is 5.32 Å². The number of nitrogens with one attached hydrogen (secondary N) is 1. The van der Waals surface area contributed by atoms with E-state index in [0.29, 0.717) is 12.1 Å². The fraction of sp³-hybridized carbons (Fsp3) is 0.304. The van der Waals surface area contributed by atoms with E-state index in [1.54, 1.807) is 22.7 Å². The summed E-state index contributed by atoms with van der Waals surface area (Å²) >= 11 is 3.46. The van der Waals surface area contributed by atoms with Crippen LogP contribution in [0.2, 0.25) is 0 Å². The zero-order valence-electron chi connectivity index (χ0n) is 16.8. The van der Waals surface area contributed by atoms with Crippen LogP contribution in [0.4, 0.5) is 11.4 Å². The van der Waals surface area contributed by atoms with E-state index in [-0.39, 0.29) is 0 Å². The second kappa shape index (κ2) is 7.52. The first kappa shape index (κ1) is 18.7. The average molecular weight is 421 g/mol. The number of nitrogens with zero attached hydrogens (tertiary/aromatic N) is 3. The Hall–Kier alpha value is -2.28. The van der Waals surface area contributed by atoms with Crippen molar-refractivity contribution in [3.05, 3.63) is 53.0 Å². The van der Waals surface area contributed by atoms with Gasteiger partial charge < -0.3 is 5.32 Å². The van der Waals surface area contributed by atoms with Crippen molar-refractivity contribution in [2.45, 2.75) is 39.3 Å². The summed E-state index contributed by atoms with van der Waals surface area (Å²) in [7, 11) is 0. The Bertz CT molecular complexity index is 1200. The molecule has 0 amide bonds. The molecule has 0 radical (unpaired) electrons. The standard InChI is InChI=1S/C23H24N4S2/c1-14(2)27-10-4-5-17(15(27)3)22-12-18-19(8-9-24-23(18)29-22)26-16-6-7-21-20(11-16)25-13-28-21/h5-9,11-15H,4,10H2,1-3H3,(H,24,26)/t15-/m1/s1. The number of anilines is 2. The van der Waals surface area contributed by atoms with Crippen LogP contribution in [0.15, 0.2) is 48.1 Å². The lowest BCUT2D eigenvalue weighted by molar-refractivity contribution is 0.194. The molecule has 4 nitrogen and oxygen atoms in total. The number of thiophene rings is 1. The Morgan fingerprint density at radius 2 is 2.07 bits per heavy atom. The fourth-order valence-electron chi connectivity index (χ4n) is 4.21. The van der Waals surface area contributed by atoms with E-state index >= 15 is 0 Å². The summed E-state index contributed by atoms with van der Waals surface area (Å²) in [6.45, 7) is 8.03. The molecule has 0 unspecified atom stereocenters. The van der Waals surface area contributed by atoms with Gasteiger partial charge in [-0.2, -0.15) is 0 Å². The third kappa shape index (κ3) is 3.45. The number of benzene rings is 1. The lowest BCUT2D eigenvalue weighted by atomic mass is 9.98. The minimum atomic E-state index is 0.431. The maximum atomic E-state index is 4.65. The summed E-state index contributed by atoms with van der Waals surface area (Å²) in [4.78, 5) is 14.1. The molecule has 0 bridgehead atoms. The zero-order chi connectivity index (χ0) is 20.0. The lowest BCUT2D eigenvalue weighted by Crippen LogP contribution is -2.41. The highest BCUT2D eigenvalue weighted by molar-refractivity contribution is 7.19. The molecule has 5 rings (SSSR count). The molecule has 6 heteroatoms. The molecule has 29 heavy (non-hydrogen) atoms. The molecule has 1 aliphatic rings. The van der Waals surface area contributed by atoms with Gasteiger partial charge in [-0.15, -0.1) is 22.7 Å². The van der Waals surface area contributed by atoms with E-state index in [1.807, 2.05) is 11.7 Å². The number of fused-ring (bicyclic) bond motifs is 2. The van der Waals surface area contributed by atoms with Crippen LogP contribution in [0.25, 0.3) is 26.0 Å². The van der Waals surface area contributed by atoms with Crippen molar-refractivity contribution in [2.75, 3.05) is 11.9 Å². The van der Waals surface area contributed by atoms with Crippen molar-refractivity contribution in [3.8, 4) is 0 Å². The van der Waals surface area contributed by atoms with Crippen molar-refractivity contribution in [1.82, 2.24) is 14.9 Å². The van der Waals surface area contributed by atoms with Crippen LogP contribution in [0.5, 0.6) is 0 Å². The number of thiazole rings is 1.